The predicted octanol–water partition coefficient (Wildman–Crippen LogP) is 3.91. The minimum absolute atomic E-state index is 0.581. The summed E-state index contributed by atoms with van der Waals surface area (Å²) in [6.45, 7) is 2.16. The maximum absolute atomic E-state index is 5.95. The van der Waals surface area contributed by atoms with Gasteiger partial charge in [0.15, 0.2) is 5.58 Å². The summed E-state index contributed by atoms with van der Waals surface area (Å²) in [7, 11) is 0. The van der Waals surface area contributed by atoms with Gasteiger partial charge in [0, 0.05) is 12.1 Å². The molecule has 0 spiro atoms. The van der Waals surface area contributed by atoms with Crippen molar-refractivity contribution < 1.29 is 4.42 Å². The van der Waals surface area contributed by atoms with Crippen molar-refractivity contribution in [2.45, 2.75) is 44.7 Å². The predicted molar refractivity (Wildman–Crippen MR) is 76.3 cm³/mol. The van der Waals surface area contributed by atoms with Gasteiger partial charge in [-0.2, -0.15) is 4.98 Å². The molecule has 2 aliphatic heterocycles. The van der Waals surface area contributed by atoms with Crippen molar-refractivity contribution in [3.05, 3.63) is 35.9 Å². The molecular formula is C16H18N2O. The molecule has 0 saturated carbocycles. The molecule has 2 aromatic rings. The van der Waals surface area contributed by atoms with Crippen molar-refractivity contribution in [3.8, 4) is 0 Å². The standard InChI is InChI=1S/C16H18N2O/c1-2-11-9-12-7-8-13(10-11)18(12)16-17-14-5-3-4-6-15(14)19-16/h2-6,12-13H,7-10H2,1H3. The van der Waals surface area contributed by atoms with Gasteiger partial charge in [0.1, 0.15) is 5.52 Å². The van der Waals surface area contributed by atoms with Gasteiger partial charge < -0.3 is 9.32 Å². The van der Waals surface area contributed by atoms with Crippen LogP contribution >= 0.6 is 0 Å². The number of fused-ring (bicyclic) bond motifs is 3. The van der Waals surface area contributed by atoms with Crippen LogP contribution < -0.4 is 4.90 Å². The number of anilines is 1. The van der Waals surface area contributed by atoms with E-state index in [0.29, 0.717) is 12.1 Å². The molecule has 3 heteroatoms. The maximum atomic E-state index is 5.95. The number of piperidine rings is 1. The molecule has 1 aromatic carbocycles. The third-order valence-electron chi connectivity index (χ3n) is 4.53. The molecule has 0 N–H and O–H groups in total. The van der Waals surface area contributed by atoms with Crippen LogP contribution in [0.15, 0.2) is 40.3 Å². The van der Waals surface area contributed by atoms with E-state index in [9.17, 15) is 0 Å². The van der Waals surface area contributed by atoms with Crippen molar-refractivity contribution in [2.75, 3.05) is 4.90 Å². The number of hydrogen-bond donors (Lipinski definition) is 0. The van der Waals surface area contributed by atoms with Crippen LogP contribution in [0.5, 0.6) is 0 Å². The fourth-order valence-electron chi connectivity index (χ4n) is 3.57. The third-order valence-corrected chi connectivity index (χ3v) is 4.53. The number of aromatic nitrogens is 1. The quantitative estimate of drug-likeness (QED) is 0.723. The van der Waals surface area contributed by atoms with Gasteiger partial charge in [-0.15, -0.1) is 0 Å². The molecule has 2 bridgehead atoms. The second kappa shape index (κ2) is 4.12. The highest BCUT2D eigenvalue weighted by Crippen LogP contribution is 2.41. The summed E-state index contributed by atoms with van der Waals surface area (Å²) in [6, 6.07) is 10.0. The molecule has 0 aliphatic carbocycles. The highest BCUT2D eigenvalue weighted by Gasteiger charge is 2.40. The van der Waals surface area contributed by atoms with E-state index in [4.69, 9.17) is 4.42 Å². The first-order chi connectivity index (χ1) is 9.35. The molecule has 2 unspecified atom stereocenters. The minimum atomic E-state index is 0.581. The molecule has 1 aromatic heterocycles. The molecule has 98 valence electrons. The van der Waals surface area contributed by atoms with Crippen LogP contribution in [0.4, 0.5) is 6.01 Å². The summed E-state index contributed by atoms with van der Waals surface area (Å²) in [4.78, 5) is 7.09. The molecule has 4 rings (SSSR count). The SMILES string of the molecule is CC=C1CC2CCC(C1)N2c1nc2ccccc2o1. The largest absolute Gasteiger partial charge is 0.423 e. The number of rotatable bonds is 1. The summed E-state index contributed by atoms with van der Waals surface area (Å²) in [5, 5.41) is 0. The molecular weight excluding hydrogens is 236 g/mol. The molecule has 2 fully saturated rings. The van der Waals surface area contributed by atoms with Crippen LogP contribution in [-0.2, 0) is 0 Å². The first kappa shape index (κ1) is 11.1. The van der Waals surface area contributed by atoms with Crippen molar-refractivity contribution in [2.24, 2.45) is 0 Å². The highest BCUT2D eigenvalue weighted by atomic mass is 16.4. The van der Waals surface area contributed by atoms with Crippen LogP contribution in [0.25, 0.3) is 11.1 Å². The van der Waals surface area contributed by atoms with Crippen molar-refractivity contribution in [3.63, 3.8) is 0 Å². The third kappa shape index (κ3) is 1.68. The lowest BCUT2D eigenvalue weighted by molar-refractivity contribution is 0.480. The summed E-state index contributed by atoms with van der Waals surface area (Å²) in [5.41, 5.74) is 3.46. The van der Waals surface area contributed by atoms with E-state index < -0.39 is 0 Å². The molecule has 2 saturated heterocycles. The topological polar surface area (TPSA) is 29.3 Å². The lowest BCUT2D eigenvalue weighted by Gasteiger charge is -2.34. The zero-order chi connectivity index (χ0) is 12.8. The zero-order valence-electron chi connectivity index (χ0n) is 11.2. The Morgan fingerprint density at radius 3 is 2.63 bits per heavy atom. The molecule has 19 heavy (non-hydrogen) atoms. The Hall–Kier alpha value is -1.77. The van der Waals surface area contributed by atoms with E-state index in [0.717, 1.165) is 17.1 Å². The van der Waals surface area contributed by atoms with E-state index in [2.05, 4.69) is 22.9 Å². The lowest BCUT2D eigenvalue weighted by Crippen LogP contribution is -2.40. The number of nitrogens with zero attached hydrogens (tertiary/aromatic N) is 2. The van der Waals surface area contributed by atoms with Crippen molar-refractivity contribution in [1.29, 1.82) is 0 Å². The van der Waals surface area contributed by atoms with Gasteiger partial charge in [-0.3, -0.25) is 0 Å². The second-order valence-electron chi connectivity index (χ2n) is 5.61. The van der Waals surface area contributed by atoms with Gasteiger partial charge in [0.2, 0.25) is 0 Å². The van der Waals surface area contributed by atoms with Crippen molar-refractivity contribution in [1.82, 2.24) is 4.98 Å². The Morgan fingerprint density at radius 2 is 1.95 bits per heavy atom. The molecule has 2 aliphatic rings. The first-order valence-corrected chi connectivity index (χ1v) is 7.13. The maximum Gasteiger partial charge on any atom is 0.298 e. The Bertz CT molecular complexity index is 594. The van der Waals surface area contributed by atoms with Gasteiger partial charge >= 0.3 is 0 Å². The number of allylic oxidation sites excluding steroid dienone is 1. The zero-order valence-corrected chi connectivity index (χ0v) is 11.2. The normalized spacial score (nSPS) is 26.2. The lowest BCUT2D eigenvalue weighted by atomic mass is 9.97. The van der Waals surface area contributed by atoms with Gasteiger partial charge in [-0.25, -0.2) is 0 Å². The molecule has 3 heterocycles. The van der Waals surface area contributed by atoms with E-state index in [1.165, 1.54) is 25.7 Å². The van der Waals surface area contributed by atoms with E-state index in [-0.39, 0.29) is 0 Å². The average molecular weight is 254 g/mol. The average Bonchev–Trinajstić information content (AvgIpc) is 2.96. The number of hydrogen-bond acceptors (Lipinski definition) is 3. The monoisotopic (exact) mass is 254 g/mol. The highest BCUT2D eigenvalue weighted by molar-refractivity contribution is 5.74. The Labute approximate surface area is 112 Å². The van der Waals surface area contributed by atoms with Gasteiger partial charge in [0.25, 0.3) is 6.01 Å². The van der Waals surface area contributed by atoms with Gasteiger partial charge in [0.05, 0.1) is 0 Å². The number of para-hydroxylation sites is 2. The number of benzene rings is 1. The van der Waals surface area contributed by atoms with Crippen LogP contribution in [-0.4, -0.2) is 17.1 Å². The van der Waals surface area contributed by atoms with Gasteiger partial charge in [-0.1, -0.05) is 23.8 Å². The first-order valence-electron chi connectivity index (χ1n) is 7.13. The summed E-state index contributed by atoms with van der Waals surface area (Å²) < 4.78 is 5.95. The van der Waals surface area contributed by atoms with E-state index in [1.807, 2.05) is 24.3 Å². The Balaban J connectivity index is 1.73. The van der Waals surface area contributed by atoms with Crippen LogP contribution in [0.1, 0.15) is 32.6 Å². The Kier molecular flexibility index (Phi) is 2.40. The van der Waals surface area contributed by atoms with Crippen LogP contribution in [0, 0.1) is 0 Å². The molecule has 0 radical (unpaired) electrons. The van der Waals surface area contributed by atoms with E-state index >= 15 is 0 Å². The number of oxazole rings is 1. The van der Waals surface area contributed by atoms with Crippen molar-refractivity contribution >= 4 is 17.1 Å². The molecule has 2 atom stereocenters. The molecule has 0 amide bonds. The summed E-state index contributed by atoms with van der Waals surface area (Å²) in [5.74, 6) is 0. The van der Waals surface area contributed by atoms with Gasteiger partial charge in [-0.05, 0) is 44.7 Å². The Morgan fingerprint density at radius 1 is 1.21 bits per heavy atom. The fraction of sp³-hybridized carbons (Fsp3) is 0.438. The van der Waals surface area contributed by atoms with E-state index in [1.54, 1.807) is 5.57 Å². The summed E-state index contributed by atoms with van der Waals surface area (Å²) in [6.07, 6.45) is 7.16. The van der Waals surface area contributed by atoms with Crippen LogP contribution in [0.3, 0.4) is 0 Å². The summed E-state index contributed by atoms with van der Waals surface area (Å²) >= 11 is 0. The second-order valence-corrected chi connectivity index (χ2v) is 5.61. The fourth-order valence-corrected chi connectivity index (χ4v) is 3.57. The smallest absolute Gasteiger partial charge is 0.298 e. The minimum Gasteiger partial charge on any atom is -0.423 e. The molecule has 3 nitrogen and oxygen atoms in total. The van der Waals surface area contributed by atoms with Crippen LogP contribution in [0.2, 0.25) is 0 Å².